The van der Waals surface area contributed by atoms with E-state index in [9.17, 15) is 9.90 Å². The number of hydrogen-bond donors (Lipinski definition) is 1. The Morgan fingerprint density at radius 1 is 1.56 bits per heavy atom. The summed E-state index contributed by atoms with van der Waals surface area (Å²) in [6, 6.07) is 4.09. The molecule has 2 aromatic heterocycles. The van der Waals surface area contributed by atoms with Gasteiger partial charge in [-0.2, -0.15) is 5.10 Å². The van der Waals surface area contributed by atoms with Crippen molar-refractivity contribution in [1.82, 2.24) is 19.6 Å². The molecule has 1 unspecified atom stereocenters. The van der Waals surface area contributed by atoms with E-state index in [1.54, 1.807) is 4.68 Å². The summed E-state index contributed by atoms with van der Waals surface area (Å²) in [6.07, 6.45) is -0.910. The topological polar surface area (TPSA) is 82.2 Å². The van der Waals surface area contributed by atoms with Gasteiger partial charge in [0.25, 0.3) is 0 Å². The molecule has 2 aliphatic heterocycles. The van der Waals surface area contributed by atoms with Crippen LogP contribution in [-0.4, -0.2) is 36.9 Å². The van der Waals surface area contributed by atoms with Crippen LogP contribution in [0.5, 0.6) is 0 Å². The van der Waals surface area contributed by atoms with Crippen LogP contribution in [-0.2, 0) is 44.0 Å². The molecule has 4 heterocycles. The molecular formula is C10H9N4O3Y-. The summed E-state index contributed by atoms with van der Waals surface area (Å²) in [5.74, 6) is 0. The molecule has 2 bridgehead atoms. The fraction of sp³-hybridized carbons (Fsp3) is 0.500. The Hall–Kier alpha value is -0.626. The molecule has 0 spiro atoms. The SMILES string of the molecule is O=c1c[c-]c2nnn3c2n1[C@H]1O[C@@H](CC1O)C3.[Y]. The summed E-state index contributed by atoms with van der Waals surface area (Å²) in [6.45, 7) is 0.501. The number of aromatic nitrogens is 4. The van der Waals surface area contributed by atoms with E-state index in [1.807, 2.05) is 0 Å². The first-order chi connectivity index (χ1) is 8.24. The molecule has 1 N–H and O–H groups in total. The minimum Gasteiger partial charge on any atom is -0.388 e. The van der Waals surface area contributed by atoms with Gasteiger partial charge in [0.1, 0.15) is 11.8 Å². The number of ether oxygens (including phenoxy) is 1. The van der Waals surface area contributed by atoms with Gasteiger partial charge in [0, 0.05) is 44.6 Å². The molecule has 18 heavy (non-hydrogen) atoms. The van der Waals surface area contributed by atoms with Crippen LogP contribution in [0.1, 0.15) is 12.6 Å². The van der Waals surface area contributed by atoms with Crippen LogP contribution >= 0.6 is 0 Å². The molecule has 0 saturated carbocycles. The number of hydrogen-bond acceptors (Lipinski definition) is 5. The first-order valence-electron chi connectivity index (χ1n) is 5.44. The van der Waals surface area contributed by atoms with Gasteiger partial charge in [0.05, 0.1) is 24.4 Å². The first kappa shape index (κ1) is 12.4. The van der Waals surface area contributed by atoms with Crippen molar-refractivity contribution in [1.29, 1.82) is 0 Å². The third-order valence-corrected chi connectivity index (χ3v) is 3.30. The third kappa shape index (κ3) is 1.54. The fourth-order valence-corrected chi connectivity index (χ4v) is 2.59. The van der Waals surface area contributed by atoms with Gasteiger partial charge < -0.3 is 19.2 Å². The maximum atomic E-state index is 11.9. The molecule has 2 aliphatic rings. The molecule has 91 valence electrons. The largest absolute Gasteiger partial charge is 0.388 e. The van der Waals surface area contributed by atoms with Crippen LogP contribution in [0.4, 0.5) is 0 Å². The first-order valence-corrected chi connectivity index (χ1v) is 5.44. The van der Waals surface area contributed by atoms with Crippen LogP contribution in [0, 0.1) is 6.07 Å². The van der Waals surface area contributed by atoms with Gasteiger partial charge in [-0.15, -0.1) is 12.1 Å². The van der Waals surface area contributed by atoms with Gasteiger partial charge >= 0.3 is 0 Å². The average molecular weight is 322 g/mol. The second kappa shape index (κ2) is 4.19. The Bertz CT molecular complexity index is 667. The second-order valence-electron chi connectivity index (χ2n) is 4.39. The van der Waals surface area contributed by atoms with Crippen LogP contribution in [0.2, 0.25) is 0 Å². The van der Waals surface area contributed by atoms with Crippen LogP contribution in [0.3, 0.4) is 0 Å². The normalized spacial score (nSPS) is 29.1. The van der Waals surface area contributed by atoms with Crippen LogP contribution in [0.25, 0.3) is 11.2 Å². The molecule has 3 atom stereocenters. The zero-order valence-corrected chi connectivity index (χ0v) is 12.2. The summed E-state index contributed by atoms with van der Waals surface area (Å²) in [5.41, 5.74) is 0.837. The van der Waals surface area contributed by atoms with Crippen molar-refractivity contribution >= 4 is 11.2 Å². The molecule has 1 fully saturated rings. The number of pyridine rings is 1. The Morgan fingerprint density at radius 2 is 2.39 bits per heavy atom. The quantitative estimate of drug-likeness (QED) is 0.633. The fourth-order valence-electron chi connectivity index (χ4n) is 2.59. The Labute approximate surface area is 127 Å². The molecule has 4 rings (SSSR count). The van der Waals surface area contributed by atoms with Crippen molar-refractivity contribution in [2.75, 3.05) is 0 Å². The Kier molecular flexibility index (Phi) is 2.89. The predicted octanol–water partition coefficient (Wildman–Crippen LogP) is -0.947. The molecule has 1 saturated heterocycles. The summed E-state index contributed by atoms with van der Waals surface area (Å²) >= 11 is 0. The van der Waals surface area contributed by atoms with Crippen molar-refractivity contribution < 1.29 is 42.6 Å². The van der Waals surface area contributed by atoms with E-state index in [4.69, 9.17) is 4.74 Å². The second-order valence-corrected chi connectivity index (χ2v) is 4.39. The van der Waals surface area contributed by atoms with E-state index in [-0.39, 0.29) is 44.4 Å². The number of aliphatic hydroxyl groups is 1. The van der Waals surface area contributed by atoms with Crippen LogP contribution < -0.4 is 5.56 Å². The van der Waals surface area contributed by atoms with Crippen molar-refractivity contribution in [3.63, 3.8) is 0 Å². The average Bonchev–Trinajstić information content (AvgIpc) is 2.79. The Morgan fingerprint density at radius 3 is 3.22 bits per heavy atom. The van der Waals surface area contributed by atoms with Gasteiger partial charge in [0.15, 0.2) is 0 Å². The van der Waals surface area contributed by atoms with Crippen LogP contribution in [0.15, 0.2) is 10.9 Å². The van der Waals surface area contributed by atoms with Gasteiger partial charge in [-0.25, -0.2) is 0 Å². The summed E-state index contributed by atoms with van der Waals surface area (Å²) in [5, 5.41) is 17.9. The van der Waals surface area contributed by atoms with E-state index in [2.05, 4.69) is 16.4 Å². The van der Waals surface area contributed by atoms with E-state index < -0.39 is 12.3 Å². The number of rotatable bonds is 0. The van der Waals surface area contributed by atoms with Gasteiger partial charge in [-0.05, 0) is 0 Å². The van der Waals surface area contributed by atoms with E-state index >= 15 is 0 Å². The smallest absolute Gasteiger partial charge is 0.144 e. The molecule has 0 aromatic carbocycles. The van der Waals surface area contributed by atoms with Gasteiger partial charge in [-0.3, -0.25) is 4.68 Å². The summed E-state index contributed by atoms with van der Waals surface area (Å²) < 4.78 is 8.72. The van der Waals surface area contributed by atoms with Crippen molar-refractivity contribution in [2.24, 2.45) is 0 Å². The summed E-state index contributed by atoms with van der Waals surface area (Å²) in [7, 11) is 0. The van der Waals surface area contributed by atoms with Gasteiger partial charge in [-0.1, -0.05) is 5.21 Å². The minimum atomic E-state index is -0.660. The molecule has 1 radical (unpaired) electrons. The van der Waals surface area contributed by atoms with E-state index in [1.165, 1.54) is 10.6 Å². The molecule has 8 heteroatoms. The van der Waals surface area contributed by atoms with E-state index in [0.29, 0.717) is 24.1 Å². The molecule has 0 amide bonds. The zero-order valence-electron chi connectivity index (χ0n) is 9.35. The summed E-state index contributed by atoms with van der Waals surface area (Å²) in [4.78, 5) is 11.9. The maximum absolute atomic E-state index is 11.9. The minimum absolute atomic E-state index is 0. The van der Waals surface area contributed by atoms with Crippen molar-refractivity contribution in [2.45, 2.75) is 31.4 Å². The third-order valence-electron chi connectivity index (χ3n) is 3.30. The molecule has 2 aromatic rings. The monoisotopic (exact) mass is 322 g/mol. The van der Waals surface area contributed by atoms with Gasteiger partial charge in [0.2, 0.25) is 0 Å². The van der Waals surface area contributed by atoms with E-state index in [0.717, 1.165) is 0 Å². The number of fused-ring (bicyclic) bond motifs is 3. The number of aliphatic hydroxyl groups excluding tert-OH is 1. The standard InChI is InChI=1S/C10H9N4O3.Y/c15-7-3-5-4-13-9-6(11-12-13)1-2-8(16)14(9)10(7)17-5;/h2,5,7,10,15H,3-4H2;/q-1;/t5-,7?,10-;/m0./s1. The van der Waals surface area contributed by atoms with Crippen molar-refractivity contribution in [3.8, 4) is 0 Å². The molecule has 0 aliphatic carbocycles. The zero-order chi connectivity index (χ0) is 11.6. The van der Waals surface area contributed by atoms with Crippen molar-refractivity contribution in [3.05, 3.63) is 22.5 Å². The predicted molar refractivity (Wildman–Crippen MR) is 55.2 cm³/mol. The molecule has 7 nitrogen and oxygen atoms in total. The number of nitrogens with zero attached hydrogens (tertiary/aromatic N) is 4. The Balaban J connectivity index is 0.000001000. The maximum Gasteiger partial charge on any atom is 0.144 e. The molecular weight excluding hydrogens is 313 g/mol.